The fraction of sp³-hybridized carbons (Fsp3) is 0.500. The fourth-order valence-corrected chi connectivity index (χ4v) is 2.91. The van der Waals surface area contributed by atoms with Gasteiger partial charge < -0.3 is 10.2 Å². The molecule has 2 rings (SSSR count). The second-order valence-electron chi connectivity index (χ2n) is 5.30. The Balaban J connectivity index is 1.97. The summed E-state index contributed by atoms with van der Waals surface area (Å²) in [4.78, 5) is 13.8. The second kappa shape index (κ2) is 5.93. The van der Waals surface area contributed by atoms with Crippen molar-refractivity contribution in [1.82, 2.24) is 10.2 Å². The number of sulfone groups is 1. The number of nitrogens with one attached hydrogen (secondary N) is 1. The number of nitrogens with zero attached hydrogens (tertiary/aromatic N) is 1. The Bertz CT molecular complexity index is 598. The van der Waals surface area contributed by atoms with Crippen molar-refractivity contribution >= 4 is 15.7 Å². The first-order valence-electron chi connectivity index (χ1n) is 6.60. The predicted molar refractivity (Wildman–Crippen MR) is 78.1 cm³/mol. The first kappa shape index (κ1) is 15.0. The van der Waals surface area contributed by atoms with E-state index in [-0.39, 0.29) is 24.2 Å². The minimum atomic E-state index is -3.05. The number of benzene rings is 1. The molecule has 1 N–H and O–H groups in total. The largest absolute Gasteiger partial charge is 0.343 e. The molecule has 20 heavy (non-hydrogen) atoms. The minimum Gasteiger partial charge on any atom is -0.343 e. The van der Waals surface area contributed by atoms with Crippen LogP contribution >= 0.6 is 0 Å². The Labute approximate surface area is 119 Å². The van der Waals surface area contributed by atoms with Crippen LogP contribution in [-0.2, 0) is 27.6 Å². The van der Waals surface area contributed by atoms with Gasteiger partial charge in [0.1, 0.15) is 9.84 Å². The Morgan fingerprint density at radius 2 is 2.00 bits per heavy atom. The molecule has 0 saturated heterocycles. The van der Waals surface area contributed by atoms with E-state index in [1.165, 1.54) is 22.3 Å². The van der Waals surface area contributed by atoms with Crippen LogP contribution in [0.2, 0.25) is 0 Å². The molecule has 1 heterocycles. The lowest BCUT2D eigenvalue weighted by atomic mass is 9.95. The van der Waals surface area contributed by atoms with Gasteiger partial charge in [0, 0.05) is 26.4 Å². The molecule has 1 amide bonds. The van der Waals surface area contributed by atoms with Crippen LogP contribution in [0, 0.1) is 0 Å². The molecular weight excluding hydrogens is 276 g/mol. The van der Waals surface area contributed by atoms with Crippen LogP contribution in [-0.4, -0.2) is 50.9 Å². The van der Waals surface area contributed by atoms with Gasteiger partial charge in [-0.15, -0.1) is 0 Å². The smallest absolute Gasteiger partial charge is 0.239 e. The van der Waals surface area contributed by atoms with Gasteiger partial charge in [-0.3, -0.25) is 4.79 Å². The van der Waals surface area contributed by atoms with E-state index in [4.69, 9.17) is 0 Å². The molecule has 1 aromatic rings. The molecule has 0 fully saturated rings. The monoisotopic (exact) mass is 296 g/mol. The highest BCUT2D eigenvalue weighted by Gasteiger charge is 2.26. The number of hydrogen-bond donors (Lipinski definition) is 1. The number of hydrogen-bond acceptors (Lipinski definition) is 4. The summed E-state index contributed by atoms with van der Waals surface area (Å²) >= 11 is 0. The van der Waals surface area contributed by atoms with Gasteiger partial charge in [-0.05, 0) is 17.5 Å². The Kier molecular flexibility index (Phi) is 4.45. The van der Waals surface area contributed by atoms with Gasteiger partial charge in [0.25, 0.3) is 0 Å². The zero-order valence-corrected chi connectivity index (χ0v) is 12.6. The van der Waals surface area contributed by atoms with Crippen molar-refractivity contribution in [3.8, 4) is 0 Å². The summed E-state index contributed by atoms with van der Waals surface area (Å²) in [6.07, 6.45) is 1.83. The molecule has 0 aliphatic carbocycles. The van der Waals surface area contributed by atoms with Crippen LogP contribution in [0.5, 0.6) is 0 Å². The summed E-state index contributed by atoms with van der Waals surface area (Å²) in [5.74, 6) is -0.0541. The quantitative estimate of drug-likeness (QED) is 0.862. The van der Waals surface area contributed by atoms with E-state index >= 15 is 0 Å². The normalized spacial score (nSPS) is 18.4. The third-order valence-corrected chi connectivity index (χ3v) is 4.48. The van der Waals surface area contributed by atoms with E-state index < -0.39 is 9.84 Å². The summed E-state index contributed by atoms with van der Waals surface area (Å²) in [7, 11) is -1.40. The van der Waals surface area contributed by atoms with E-state index in [2.05, 4.69) is 11.4 Å². The van der Waals surface area contributed by atoms with Gasteiger partial charge >= 0.3 is 0 Å². The van der Waals surface area contributed by atoms with Crippen LogP contribution in [0.3, 0.4) is 0 Å². The maximum atomic E-state index is 12.3. The van der Waals surface area contributed by atoms with E-state index in [0.717, 1.165) is 0 Å². The van der Waals surface area contributed by atoms with Crippen molar-refractivity contribution < 1.29 is 13.2 Å². The molecule has 1 aliphatic rings. The standard InChI is InChI=1S/C14H20N2O3S/c1-16(7-8-20(2,18)19)14(17)13-9-11-5-3-4-6-12(11)10-15-13/h3-6,13,15H,7-10H2,1-2H3. The summed E-state index contributed by atoms with van der Waals surface area (Å²) in [6, 6.07) is 7.78. The lowest BCUT2D eigenvalue weighted by Gasteiger charge is -2.29. The highest BCUT2D eigenvalue weighted by Crippen LogP contribution is 2.17. The topological polar surface area (TPSA) is 66.5 Å². The van der Waals surface area contributed by atoms with E-state index in [0.29, 0.717) is 13.0 Å². The summed E-state index contributed by atoms with van der Waals surface area (Å²) < 4.78 is 22.3. The van der Waals surface area contributed by atoms with Gasteiger partial charge in [-0.2, -0.15) is 0 Å². The van der Waals surface area contributed by atoms with E-state index in [9.17, 15) is 13.2 Å². The molecule has 0 saturated carbocycles. The van der Waals surface area contributed by atoms with Crippen molar-refractivity contribution in [3.63, 3.8) is 0 Å². The van der Waals surface area contributed by atoms with Crippen LogP contribution in [0.1, 0.15) is 11.1 Å². The molecule has 6 heteroatoms. The molecule has 110 valence electrons. The predicted octanol–water partition coefficient (Wildman–Crippen LogP) is 0.204. The van der Waals surface area contributed by atoms with Crippen LogP contribution < -0.4 is 5.32 Å². The third-order valence-electron chi connectivity index (χ3n) is 3.55. The molecule has 0 aromatic heterocycles. The number of rotatable bonds is 4. The number of carbonyl (C=O) groups excluding carboxylic acids is 1. The number of carbonyl (C=O) groups is 1. The van der Waals surface area contributed by atoms with Gasteiger partial charge in [-0.25, -0.2) is 8.42 Å². The lowest BCUT2D eigenvalue weighted by Crippen LogP contribution is -2.49. The highest BCUT2D eigenvalue weighted by molar-refractivity contribution is 7.90. The summed E-state index contributed by atoms with van der Waals surface area (Å²) in [5.41, 5.74) is 2.40. The van der Waals surface area contributed by atoms with E-state index in [1.807, 2.05) is 18.2 Å². The Hall–Kier alpha value is -1.40. The average molecular weight is 296 g/mol. The zero-order chi connectivity index (χ0) is 14.8. The lowest BCUT2D eigenvalue weighted by molar-refractivity contribution is -0.132. The molecule has 5 nitrogen and oxygen atoms in total. The highest BCUT2D eigenvalue weighted by atomic mass is 32.2. The van der Waals surface area contributed by atoms with Gasteiger partial charge in [0.05, 0.1) is 11.8 Å². The first-order valence-corrected chi connectivity index (χ1v) is 8.66. The number of amides is 1. The zero-order valence-electron chi connectivity index (χ0n) is 11.8. The Morgan fingerprint density at radius 3 is 2.65 bits per heavy atom. The molecule has 1 aliphatic heterocycles. The molecule has 0 spiro atoms. The Morgan fingerprint density at radius 1 is 1.35 bits per heavy atom. The van der Waals surface area contributed by atoms with Crippen molar-refractivity contribution in [3.05, 3.63) is 35.4 Å². The summed E-state index contributed by atoms with van der Waals surface area (Å²) in [5, 5.41) is 3.21. The van der Waals surface area contributed by atoms with Crippen molar-refractivity contribution in [2.75, 3.05) is 25.6 Å². The SMILES string of the molecule is CN(CCS(C)(=O)=O)C(=O)C1Cc2ccccc2CN1. The second-order valence-corrected chi connectivity index (χ2v) is 7.56. The maximum Gasteiger partial charge on any atom is 0.239 e. The first-order chi connectivity index (χ1) is 9.37. The number of fused-ring (bicyclic) bond motifs is 1. The average Bonchev–Trinajstić information content (AvgIpc) is 2.42. The van der Waals surface area contributed by atoms with Gasteiger partial charge in [-0.1, -0.05) is 24.3 Å². The molecular formula is C14H20N2O3S. The van der Waals surface area contributed by atoms with Crippen LogP contribution in [0.25, 0.3) is 0 Å². The van der Waals surface area contributed by atoms with Crippen molar-refractivity contribution in [2.45, 2.75) is 19.0 Å². The van der Waals surface area contributed by atoms with Crippen molar-refractivity contribution in [2.24, 2.45) is 0 Å². The van der Waals surface area contributed by atoms with Gasteiger partial charge in [0.15, 0.2) is 0 Å². The number of likely N-dealkylation sites (N-methyl/N-ethyl adjacent to an activating group) is 1. The fourth-order valence-electron chi connectivity index (χ4n) is 2.31. The molecule has 1 atom stereocenters. The van der Waals surface area contributed by atoms with Crippen molar-refractivity contribution in [1.29, 1.82) is 0 Å². The molecule has 0 radical (unpaired) electrons. The minimum absolute atomic E-state index is 0.00144. The van der Waals surface area contributed by atoms with Crippen LogP contribution in [0.15, 0.2) is 24.3 Å². The molecule has 1 unspecified atom stereocenters. The summed E-state index contributed by atoms with van der Waals surface area (Å²) in [6.45, 7) is 0.907. The van der Waals surface area contributed by atoms with Crippen LogP contribution in [0.4, 0.5) is 0 Å². The van der Waals surface area contributed by atoms with E-state index in [1.54, 1.807) is 7.05 Å². The molecule has 1 aromatic carbocycles. The maximum absolute atomic E-state index is 12.3. The van der Waals surface area contributed by atoms with Gasteiger partial charge in [0.2, 0.25) is 5.91 Å². The molecule has 0 bridgehead atoms. The third kappa shape index (κ3) is 3.80.